The summed E-state index contributed by atoms with van der Waals surface area (Å²) in [5.41, 5.74) is 3.46. The van der Waals surface area contributed by atoms with E-state index in [1.54, 1.807) is 6.07 Å². The molecule has 0 bridgehead atoms. The van der Waals surface area contributed by atoms with Crippen molar-refractivity contribution in [1.29, 1.82) is 0 Å². The SMILES string of the molecule is CCOC(=O)C(C)(C)C1CCN(c2cc(-c3ccc(F)cc3C)c(N(C)C)cn2)CC1. The zero-order chi connectivity index (χ0) is 22.8. The van der Waals surface area contributed by atoms with Crippen molar-refractivity contribution < 1.29 is 13.9 Å². The molecular weight excluding hydrogens is 393 g/mol. The fourth-order valence-corrected chi connectivity index (χ4v) is 4.43. The van der Waals surface area contributed by atoms with Gasteiger partial charge in [0.2, 0.25) is 0 Å². The lowest BCUT2D eigenvalue weighted by atomic mass is 9.73. The van der Waals surface area contributed by atoms with Gasteiger partial charge in [-0.3, -0.25) is 4.79 Å². The van der Waals surface area contributed by atoms with Gasteiger partial charge in [0.05, 0.1) is 23.9 Å². The van der Waals surface area contributed by atoms with Crippen LogP contribution in [0.2, 0.25) is 0 Å². The van der Waals surface area contributed by atoms with Gasteiger partial charge in [0.25, 0.3) is 0 Å². The highest BCUT2D eigenvalue weighted by Gasteiger charge is 2.39. The number of aromatic nitrogens is 1. The van der Waals surface area contributed by atoms with Crippen LogP contribution in [0.1, 0.15) is 39.2 Å². The molecule has 0 atom stereocenters. The summed E-state index contributed by atoms with van der Waals surface area (Å²) in [6, 6.07) is 7.01. The average Bonchev–Trinajstić information content (AvgIpc) is 2.73. The second-order valence-electron chi connectivity index (χ2n) is 9.12. The number of piperidine rings is 1. The normalized spacial score (nSPS) is 15.1. The molecule has 0 radical (unpaired) electrons. The first-order valence-corrected chi connectivity index (χ1v) is 11.0. The van der Waals surface area contributed by atoms with Crippen molar-refractivity contribution in [3.63, 3.8) is 0 Å². The van der Waals surface area contributed by atoms with Crippen molar-refractivity contribution in [3.8, 4) is 11.1 Å². The number of hydrogen-bond acceptors (Lipinski definition) is 5. The van der Waals surface area contributed by atoms with E-state index >= 15 is 0 Å². The standard InChI is InChI=1S/C25H34FN3O2/c1-7-31-24(30)25(3,4)18-10-12-29(13-11-18)23-15-21(22(16-27-23)28(5)6)20-9-8-19(26)14-17(20)2/h8-9,14-16,18H,7,10-13H2,1-6H3. The Hall–Kier alpha value is -2.63. The van der Waals surface area contributed by atoms with Gasteiger partial charge in [0, 0.05) is 32.7 Å². The van der Waals surface area contributed by atoms with Gasteiger partial charge in [0.15, 0.2) is 0 Å². The lowest BCUT2D eigenvalue weighted by Gasteiger charge is -2.39. The fourth-order valence-electron chi connectivity index (χ4n) is 4.43. The molecule has 31 heavy (non-hydrogen) atoms. The lowest BCUT2D eigenvalue weighted by Crippen LogP contribution is -2.43. The van der Waals surface area contributed by atoms with Gasteiger partial charge >= 0.3 is 5.97 Å². The van der Waals surface area contributed by atoms with Crippen LogP contribution in [0.25, 0.3) is 11.1 Å². The molecule has 1 saturated heterocycles. The number of halogens is 1. The Kier molecular flexibility index (Phi) is 6.87. The molecule has 2 heterocycles. The van der Waals surface area contributed by atoms with Crippen LogP contribution in [0.5, 0.6) is 0 Å². The number of anilines is 2. The number of esters is 1. The van der Waals surface area contributed by atoms with E-state index in [9.17, 15) is 9.18 Å². The van der Waals surface area contributed by atoms with Crippen LogP contribution in [0, 0.1) is 24.1 Å². The third-order valence-electron chi connectivity index (χ3n) is 6.47. The second kappa shape index (κ2) is 9.25. The molecule has 0 saturated carbocycles. The van der Waals surface area contributed by atoms with E-state index in [4.69, 9.17) is 9.72 Å². The molecule has 0 aliphatic carbocycles. The van der Waals surface area contributed by atoms with Crippen molar-refractivity contribution >= 4 is 17.5 Å². The topological polar surface area (TPSA) is 45.7 Å². The van der Waals surface area contributed by atoms with Gasteiger partial charge in [-0.1, -0.05) is 6.07 Å². The lowest BCUT2D eigenvalue weighted by molar-refractivity contribution is -0.157. The number of rotatable bonds is 6. The Morgan fingerprint density at radius 1 is 1.23 bits per heavy atom. The van der Waals surface area contributed by atoms with Crippen LogP contribution in [0.4, 0.5) is 15.9 Å². The summed E-state index contributed by atoms with van der Waals surface area (Å²) in [6.07, 6.45) is 3.71. The molecule has 3 rings (SSSR count). The molecule has 0 amide bonds. The van der Waals surface area contributed by atoms with Gasteiger partial charge < -0.3 is 14.5 Å². The molecule has 0 unspecified atom stereocenters. The maximum Gasteiger partial charge on any atom is 0.311 e. The Balaban J connectivity index is 1.84. The summed E-state index contributed by atoms with van der Waals surface area (Å²) in [5, 5.41) is 0. The van der Waals surface area contributed by atoms with Crippen molar-refractivity contribution in [2.75, 3.05) is 43.6 Å². The molecule has 1 aliphatic rings. The fraction of sp³-hybridized carbons (Fsp3) is 0.520. The van der Waals surface area contributed by atoms with Crippen molar-refractivity contribution in [3.05, 3.63) is 41.8 Å². The van der Waals surface area contributed by atoms with Gasteiger partial charge in [-0.2, -0.15) is 0 Å². The van der Waals surface area contributed by atoms with E-state index in [0.717, 1.165) is 54.1 Å². The molecule has 0 N–H and O–H groups in total. The van der Waals surface area contributed by atoms with E-state index in [0.29, 0.717) is 6.61 Å². The van der Waals surface area contributed by atoms with E-state index in [1.807, 2.05) is 59.0 Å². The summed E-state index contributed by atoms with van der Waals surface area (Å²) in [4.78, 5) is 21.4. The molecule has 5 nitrogen and oxygen atoms in total. The van der Waals surface area contributed by atoms with Crippen LogP contribution in [0.3, 0.4) is 0 Å². The smallest absolute Gasteiger partial charge is 0.311 e. The summed E-state index contributed by atoms with van der Waals surface area (Å²) >= 11 is 0. The average molecular weight is 428 g/mol. The van der Waals surface area contributed by atoms with Gasteiger partial charge in [0.1, 0.15) is 11.6 Å². The highest BCUT2D eigenvalue weighted by atomic mass is 19.1. The zero-order valence-electron chi connectivity index (χ0n) is 19.5. The number of ether oxygens (including phenoxy) is 1. The Bertz CT molecular complexity index is 934. The predicted octanol–water partition coefficient (Wildman–Crippen LogP) is 5.07. The summed E-state index contributed by atoms with van der Waals surface area (Å²) in [6.45, 7) is 9.85. The van der Waals surface area contributed by atoms with Gasteiger partial charge in [-0.15, -0.1) is 0 Å². The maximum absolute atomic E-state index is 13.7. The molecule has 1 fully saturated rings. The number of aryl methyl sites for hydroxylation is 1. The minimum absolute atomic E-state index is 0.115. The Morgan fingerprint density at radius 2 is 1.90 bits per heavy atom. The summed E-state index contributed by atoms with van der Waals surface area (Å²) in [5.74, 6) is 0.851. The molecule has 6 heteroatoms. The van der Waals surface area contributed by atoms with Crippen LogP contribution in [0.15, 0.2) is 30.5 Å². The van der Waals surface area contributed by atoms with Crippen LogP contribution >= 0.6 is 0 Å². The van der Waals surface area contributed by atoms with E-state index in [2.05, 4.69) is 11.0 Å². The van der Waals surface area contributed by atoms with Crippen LogP contribution in [-0.4, -0.2) is 44.7 Å². The number of carbonyl (C=O) groups excluding carboxylic acids is 1. The Labute approximate surface area is 185 Å². The largest absolute Gasteiger partial charge is 0.466 e. The first-order valence-electron chi connectivity index (χ1n) is 11.0. The quantitative estimate of drug-likeness (QED) is 0.603. The van der Waals surface area contributed by atoms with Crippen LogP contribution in [-0.2, 0) is 9.53 Å². The first-order chi connectivity index (χ1) is 14.6. The number of carbonyl (C=O) groups is 1. The number of benzene rings is 1. The molecule has 168 valence electrons. The van der Waals surface area contributed by atoms with Crippen molar-refractivity contribution in [1.82, 2.24) is 4.98 Å². The van der Waals surface area contributed by atoms with Gasteiger partial charge in [-0.25, -0.2) is 9.37 Å². The number of nitrogens with zero attached hydrogens (tertiary/aromatic N) is 3. The van der Waals surface area contributed by atoms with E-state index < -0.39 is 5.41 Å². The summed E-state index contributed by atoms with van der Waals surface area (Å²) in [7, 11) is 3.98. The second-order valence-corrected chi connectivity index (χ2v) is 9.12. The zero-order valence-corrected chi connectivity index (χ0v) is 19.5. The highest BCUT2D eigenvalue weighted by molar-refractivity contribution is 5.82. The molecular formula is C25H34FN3O2. The monoisotopic (exact) mass is 427 g/mol. The predicted molar refractivity (Wildman–Crippen MR) is 124 cm³/mol. The molecule has 0 spiro atoms. The Morgan fingerprint density at radius 3 is 2.48 bits per heavy atom. The molecule has 1 aromatic heterocycles. The first kappa shape index (κ1) is 23.0. The van der Waals surface area contributed by atoms with Crippen molar-refractivity contribution in [2.45, 2.75) is 40.5 Å². The minimum Gasteiger partial charge on any atom is -0.466 e. The van der Waals surface area contributed by atoms with E-state index in [1.165, 1.54) is 6.07 Å². The molecule has 2 aromatic rings. The third kappa shape index (κ3) is 4.83. The van der Waals surface area contributed by atoms with Crippen LogP contribution < -0.4 is 9.80 Å². The van der Waals surface area contributed by atoms with Gasteiger partial charge in [-0.05, 0) is 75.8 Å². The maximum atomic E-state index is 13.7. The summed E-state index contributed by atoms with van der Waals surface area (Å²) < 4.78 is 19.0. The third-order valence-corrected chi connectivity index (χ3v) is 6.47. The highest BCUT2D eigenvalue weighted by Crippen LogP contribution is 2.39. The number of hydrogen-bond donors (Lipinski definition) is 0. The molecule has 1 aromatic carbocycles. The van der Waals surface area contributed by atoms with Crippen molar-refractivity contribution in [2.24, 2.45) is 11.3 Å². The number of pyridine rings is 1. The van der Waals surface area contributed by atoms with E-state index in [-0.39, 0.29) is 17.7 Å². The molecule has 1 aliphatic heterocycles. The minimum atomic E-state index is -0.485.